The quantitative estimate of drug-likeness (QED) is 0.849. The van der Waals surface area contributed by atoms with Crippen LogP contribution in [0.4, 0.5) is 4.39 Å². The average Bonchev–Trinajstić information content (AvgIpc) is 2.49. The van der Waals surface area contributed by atoms with Crippen molar-refractivity contribution < 1.29 is 4.39 Å². The molecular weight excluding hydrogens is 269 g/mol. The topological polar surface area (TPSA) is 12.0 Å². The van der Waals surface area contributed by atoms with Crippen LogP contribution < -0.4 is 5.32 Å². The summed E-state index contributed by atoms with van der Waals surface area (Å²) < 4.78 is 13.5. The molecule has 1 heterocycles. The summed E-state index contributed by atoms with van der Waals surface area (Å²) in [6.07, 6.45) is 7.97. The van der Waals surface area contributed by atoms with Crippen LogP contribution in [0.3, 0.4) is 0 Å². The third-order valence-electron chi connectivity index (χ3n) is 4.83. The van der Waals surface area contributed by atoms with Crippen LogP contribution in [-0.2, 0) is 0 Å². The summed E-state index contributed by atoms with van der Waals surface area (Å²) in [6, 6.07) is 6.12. The first-order chi connectivity index (χ1) is 9.74. The van der Waals surface area contributed by atoms with Gasteiger partial charge in [0.25, 0.3) is 0 Å². The molecular formula is C17H24FNS. The smallest absolute Gasteiger partial charge is 0.123 e. The Morgan fingerprint density at radius 1 is 1.20 bits per heavy atom. The molecule has 0 saturated heterocycles. The molecule has 20 heavy (non-hydrogen) atoms. The zero-order valence-corrected chi connectivity index (χ0v) is 13.0. The Kier molecular flexibility index (Phi) is 4.67. The molecule has 1 fully saturated rings. The Hall–Kier alpha value is -0.540. The molecule has 1 nitrogen and oxygen atoms in total. The fraction of sp³-hybridized carbons (Fsp3) is 0.647. The predicted molar refractivity (Wildman–Crippen MR) is 83.7 cm³/mol. The Morgan fingerprint density at radius 2 is 2.00 bits per heavy atom. The largest absolute Gasteiger partial charge is 0.307 e. The highest BCUT2D eigenvalue weighted by Gasteiger charge is 2.26. The predicted octanol–water partition coefficient (Wildman–Crippen LogP) is 4.92. The lowest BCUT2D eigenvalue weighted by molar-refractivity contribution is 0.261. The molecule has 1 N–H and O–H groups in total. The van der Waals surface area contributed by atoms with Crippen molar-refractivity contribution in [3.8, 4) is 0 Å². The van der Waals surface area contributed by atoms with Crippen LogP contribution in [0, 0.1) is 11.7 Å². The van der Waals surface area contributed by atoms with Gasteiger partial charge >= 0.3 is 0 Å². The number of benzene rings is 1. The van der Waals surface area contributed by atoms with Crippen LogP contribution >= 0.6 is 11.8 Å². The van der Waals surface area contributed by atoms with Gasteiger partial charge in [-0.05, 0) is 61.6 Å². The van der Waals surface area contributed by atoms with Gasteiger partial charge in [0, 0.05) is 17.0 Å². The third kappa shape index (κ3) is 3.20. The molecule has 110 valence electrons. The molecule has 2 atom stereocenters. The first kappa shape index (κ1) is 14.4. The Balaban J connectivity index is 1.70. The van der Waals surface area contributed by atoms with Gasteiger partial charge in [-0.3, -0.25) is 0 Å². The molecule has 0 radical (unpaired) electrons. The standard InChI is InChI=1S/C17H24FNS/c1-12(13-5-3-2-4-6-13)19-16-9-10-20-17-8-7-14(18)11-15(16)17/h7-8,11-13,16,19H,2-6,9-10H2,1H3. The van der Waals surface area contributed by atoms with Crippen LogP contribution in [0.25, 0.3) is 0 Å². The first-order valence-corrected chi connectivity index (χ1v) is 8.91. The Labute approximate surface area is 125 Å². The van der Waals surface area contributed by atoms with Crippen molar-refractivity contribution in [2.75, 3.05) is 5.75 Å². The normalized spacial score (nSPS) is 25.2. The number of hydrogen-bond donors (Lipinski definition) is 1. The van der Waals surface area contributed by atoms with E-state index in [-0.39, 0.29) is 5.82 Å². The van der Waals surface area contributed by atoms with Gasteiger partial charge in [-0.1, -0.05) is 19.3 Å². The number of hydrogen-bond acceptors (Lipinski definition) is 2. The van der Waals surface area contributed by atoms with Crippen LogP contribution in [0.5, 0.6) is 0 Å². The SMILES string of the molecule is CC(NC1CCSc2ccc(F)cc21)C1CCCCC1. The van der Waals surface area contributed by atoms with Crippen molar-refractivity contribution in [3.63, 3.8) is 0 Å². The van der Waals surface area contributed by atoms with E-state index in [9.17, 15) is 4.39 Å². The molecule has 0 spiro atoms. The number of thioether (sulfide) groups is 1. The lowest BCUT2D eigenvalue weighted by Crippen LogP contribution is -2.38. The van der Waals surface area contributed by atoms with Crippen LogP contribution in [-0.4, -0.2) is 11.8 Å². The molecule has 0 aromatic heterocycles. The maximum Gasteiger partial charge on any atom is 0.123 e. The van der Waals surface area contributed by atoms with Crippen LogP contribution in [0.15, 0.2) is 23.1 Å². The summed E-state index contributed by atoms with van der Waals surface area (Å²) >= 11 is 1.86. The molecule has 1 saturated carbocycles. The summed E-state index contributed by atoms with van der Waals surface area (Å²) in [5.41, 5.74) is 1.17. The summed E-state index contributed by atoms with van der Waals surface area (Å²) in [5, 5.41) is 3.79. The zero-order valence-electron chi connectivity index (χ0n) is 12.2. The highest BCUT2D eigenvalue weighted by atomic mass is 32.2. The summed E-state index contributed by atoms with van der Waals surface area (Å²) in [7, 11) is 0. The number of rotatable bonds is 3. The number of fused-ring (bicyclic) bond motifs is 1. The molecule has 2 aliphatic rings. The van der Waals surface area contributed by atoms with Gasteiger partial charge in [0.1, 0.15) is 5.82 Å². The Morgan fingerprint density at radius 3 is 2.80 bits per heavy atom. The highest BCUT2D eigenvalue weighted by molar-refractivity contribution is 7.99. The van der Waals surface area contributed by atoms with Crippen molar-refractivity contribution in [1.82, 2.24) is 5.32 Å². The molecule has 0 bridgehead atoms. The van der Waals surface area contributed by atoms with Crippen molar-refractivity contribution >= 4 is 11.8 Å². The van der Waals surface area contributed by atoms with Crippen molar-refractivity contribution in [2.24, 2.45) is 5.92 Å². The second-order valence-electron chi connectivity index (χ2n) is 6.23. The summed E-state index contributed by atoms with van der Waals surface area (Å²) in [4.78, 5) is 1.26. The van der Waals surface area contributed by atoms with Crippen molar-refractivity contribution in [3.05, 3.63) is 29.6 Å². The molecule has 3 heteroatoms. The van der Waals surface area contributed by atoms with Gasteiger partial charge < -0.3 is 5.32 Å². The molecule has 1 aliphatic heterocycles. The molecule has 2 unspecified atom stereocenters. The summed E-state index contributed by atoms with van der Waals surface area (Å²) in [5.74, 6) is 1.83. The van der Waals surface area contributed by atoms with E-state index in [1.165, 1.54) is 42.6 Å². The Bertz CT molecular complexity index is 456. The van der Waals surface area contributed by atoms with Gasteiger partial charge in [-0.25, -0.2) is 4.39 Å². The monoisotopic (exact) mass is 293 g/mol. The van der Waals surface area contributed by atoms with E-state index >= 15 is 0 Å². The first-order valence-electron chi connectivity index (χ1n) is 7.92. The van der Waals surface area contributed by atoms with E-state index in [1.54, 1.807) is 12.1 Å². The minimum Gasteiger partial charge on any atom is -0.307 e. The maximum absolute atomic E-state index is 13.5. The number of nitrogens with one attached hydrogen (secondary N) is 1. The minimum absolute atomic E-state index is 0.108. The third-order valence-corrected chi connectivity index (χ3v) is 5.95. The van der Waals surface area contributed by atoms with E-state index in [0.717, 1.165) is 18.1 Å². The van der Waals surface area contributed by atoms with E-state index in [2.05, 4.69) is 12.2 Å². The van der Waals surface area contributed by atoms with Crippen LogP contribution in [0.1, 0.15) is 57.1 Å². The maximum atomic E-state index is 13.5. The molecule has 3 rings (SSSR count). The molecule has 0 amide bonds. The molecule has 1 aliphatic carbocycles. The average molecular weight is 293 g/mol. The van der Waals surface area contributed by atoms with Crippen LogP contribution in [0.2, 0.25) is 0 Å². The van der Waals surface area contributed by atoms with E-state index < -0.39 is 0 Å². The van der Waals surface area contributed by atoms with E-state index in [4.69, 9.17) is 0 Å². The fourth-order valence-electron chi connectivity index (χ4n) is 3.63. The van der Waals surface area contributed by atoms with Gasteiger partial charge in [-0.15, -0.1) is 11.8 Å². The lowest BCUT2D eigenvalue weighted by atomic mass is 9.84. The van der Waals surface area contributed by atoms with E-state index in [1.807, 2.05) is 17.8 Å². The lowest BCUT2D eigenvalue weighted by Gasteiger charge is -2.34. The fourth-order valence-corrected chi connectivity index (χ4v) is 4.73. The van der Waals surface area contributed by atoms with Gasteiger partial charge in [0.2, 0.25) is 0 Å². The number of halogens is 1. The van der Waals surface area contributed by atoms with Crippen molar-refractivity contribution in [2.45, 2.75) is 62.4 Å². The second kappa shape index (κ2) is 6.48. The zero-order chi connectivity index (χ0) is 13.9. The van der Waals surface area contributed by atoms with E-state index in [0.29, 0.717) is 12.1 Å². The second-order valence-corrected chi connectivity index (χ2v) is 7.36. The van der Waals surface area contributed by atoms with Gasteiger partial charge in [0.05, 0.1) is 0 Å². The minimum atomic E-state index is -0.108. The summed E-state index contributed by atoms with van der Waals surface area (Å²) in [6.45, 7) is 2.32. The van der Waals surface area contributed by atoms with Gasteiger partial charge in [-0.2, -0.15) is 0 Å². The van der Waals surface area contributed by atoms with Gasteiger partial charge in [0.15, 0.2) is 0 Å². The molecule has 1 aromatic carbocycles. The van der Waals surface area contributed by atoms with Crippen molar-refractivity contribution in [1.29, 1.82) is 0 Å². The molecule has 1 aromatic rings. The highest BCUT2D eigenvalue weighted by Crippen LogP contribution is 2.37.